The van der Waals surface area contributed by atoms with E-state index in [9.17, 15) is 4.79 Å². The Morgan fingerprint density at radius 1 is 1.31 bits per heavy atom. The third-order valence-electron chi connectivity index (χ3n) is 2.18. The Morgan fingerprint density at radius 2 is 2.12 bits per heavy atom. The predicted octanol–water partition coefficient (Wildman–Crippen LogP) is 2.44. The molecular weight excluding hydrogens is 206 g/mol. The van der Waals surface area contributed by atoms with Crippen molar-refractivity contribution in [3.8, 4) is 11.3 Å². The zero-order chi connectivity index (χ0) is 11.5. The van der Waals surface area contributed by atoms with Crippen molar-refractivity contribution in [2.45, 2.75) is 6.92 Å². The van der Waals surface area contributed by atoms with E-state index in [4.69, 9.17) is 4.42 Å². The number of rotatable bonds is 2. The van der Waals surface area contributed by atoms with Crippen molar-refractivity contribution in [3.63, 3.8) is 0 Å². The normalized spacial score (nSPS) is 10.1. The molecule has 0 fully saturated rings. The van der Waals surface area contributed by atoms with Crippen molar-refractivity contribution in [1.29, 1.82) is 0 Å². The number of esters is 1. The number of nitrogens with zero attached hydrogens (tertiary/aromatic N) is 1. The number of pyridine rings is 1. The van der Waals surface area contributed by atoms with Gasteiger partial charge in [-0.05, 0) is 31.2 Å². The maximum atomic E-state index is 11.2. The largest absolute Gasteiger partial charge is 0.464 e. The number of aryl methyl sites for hydroxylation is 1. The predicted molar refractivity (Wildman–Crippen MR) is 58.0 cm³/mol. The van der Waals surface area contributed by atoms with Gasteiger partial charge in [-0.1, -0.05) is 0 Å². The highest BCUT2D eigenvalue weighted by molar-refractivity contribution is 5.87. The lowest BCUT2D eigenvalue weighted by molar-refractivity contribution is 0.0594. The van der Waals surface area contributed by atoms with E-state index in [0.717, 1.165) is 17.1 Å². The first kappa shape index (κ1) is 10.4. The lowest BCUT2D eigenvalue weighted by Gasteiger charge is -1.99. The number of carbonyl (C=O) groups excluding carboxylic acids is 1. The number of carbonyl (C=O) groups is 1. The summed E-state index contributed by atoms with van der Waals surface area (Å²) in [5.74, 6) is 1.13. The van der Waals surface area contributed by atoms with Crippen molar-refractivity contribution in [2.24, 2.45) is 0 Å². The minimum Gasteiger partial charge on any atom is -0.464 e. The van der Waals surface area contributed by atoms with Crippen LogP contribution in [0.3, 0.4) is 0 Å². The molecule has 0 bridgehead atoms. The van der Waals surface area contributed by atoms with Gasteiger partial charge in [0.05, 0.1) is 7.11 Å². The molecule has 0 atom stereocenters. The van der Waals surface area contributed by atoms with Crippen molar-refractivity contribution < 1.29 is 13.9 Å². The molecule has 0 unspecified atom stereocenters. The molecule has 0 amide bonds. The summed E-state index contributed by atoms with van der Waals surface area (Å²) in [6, 6.07) is 7.13. The summed E-state index contributed by atoms with van der Waals surface area (Å²) < 4.78 is 10.0. The van der Waals surface area contributed by atoms with Crippen LogP contribution in [0, 0.1) is 6.92 Å². The van der Waals surface area contributed by atoms with E-state index in [2.05, 4.69) is 9.72 Å². The summed E-state index contributed by atoms with van der Waals surface area (Å²) in [5, 5.41) is 0. The van der Waals surface area contributed by atoms with Crippen molar-refractivity contribution in [2.75, 3.05) is 7.11 Å². The Balaban J connectivity index is 2.29. The molecule has 0 aliphatic rings. The van der Waals surface area contributed by atoms with E-state index in [1.165, 1.54) is 7.11 Å². The number of hydrogen-bond donors (Lipinski definition) is 0. The average Bonchev–Trinajstić information content (AvgIpc) is 2.75. The molecule has 2 rings (SSSR count). The summed E-state index contributed by atoms with van der Waals surface area (Å²) in [4.78, 5) is 15.2. The lowest BCUT2D eigenvalue weighted by atomic mass is 10.2. The Kier molecular flexibility index (Phi) is 2.72. The number of hydrogen-bond acceptors (Lipinski definition) is 4. The Hall–Kier alpha value is -2.10. The van der Waals surface area contributed by atoms with Crippen LogP contribution in [0.25, 0.3) is 11.3 Å². The zero-order valence-electron chi connectivity index (χ0n) is 9.06. The Bertz CT molecular complexity index is 499. The molecule has 16 heavy (non-hydrogen) atoms. The van der Waals surface area contributed by atoms with Crippen LogP contribution in [0.5, 0.6) is 0 Å². The van der Waals surface area contributed by atoms with Crippen molar-refractivity contribution in [3.05, 3.63) is 41.9 Å². The van der Waals surface area contributed by atoms with Gasteiger partial charge in [0.2, 0.25) is 0 Å². The fourth-order valence-electron chi connectivity index (χ4n) is 1.35. The zero-order valence-corrected chi connectivity index (χ0v) is 9.06. The molecule has 2 aromatic heterocycles. The molecule has 0 N–H and O–H groups in total. The number of aromatic nitrogens is 1. The van der Waals surface area contributed by atoms with E-state index in [1.807, 2.05) is 19.1 Å². The topological polar surface area (TPSA) is 52.3 Å². The van der Waals surface area contributed by atoms with Gasteiger partial charge < -0.3 is 9.15 Å². The monoisotopic (exact) mass is 217 g/mol. The van der Waals surface area contributed by atoms with E-state index in [-0.39, 0.29) is 5.69 Å². The number of furan rings is 1. The fourth-order valence-corrected chi connectivity index (χ4v) is 1.35. The quantitative estimate of drug-likeness (QED) is 0.725. The third kappa shape index (κ3) is 1.95. The minimum atomic E-state index is -0.442. The molecule has 0 aliphatic heterocycles. The van der Waals surface area contributed by atoms with Crippen molar-refractivity contribution >= 4 is 5.97 Å². The second kappa shape index (κ2) is 4.18. The van der Waals surface area contributed by atoms with Crippen LogP contribution in [0.1, 0.15) is 16.2 Å². The second-order valence-electron chi connectivity index (χ2n) is 3.33. The second-order valence-corrected chi connectivity index (χ2v) is 3.33. The first-order valence-corrected chi connectivity index (χ1v) is 4.82. The maximum Gasteiger partial charge on any atom is 0.356 e. The van der Waals surface area contributed by atoms with E-state index < -0.39 is 5.97 Å². The third-order valence-corrected chi connectivity index (χ3v) is 2.18. The molecule has 0 aliphatic carbocycles. The van der Waals surface area contributed by atoms with Crippen molar-refractivity contribution in [1.82, 2.24) is 4.98 Å². The van der Waals surface area contributed by atoms with Gasteiger partial charge in [0, 0.05) is 11.8 Å². The standard InChI is InChI=1S/C12H11NO3/c1-8-3-6-11(16-8)9-4-5-10(13-7-9)12(14)15-2/h3-7H,1-2H3. The van der Waals surface area contributed by atoms with E-state index >= 15 is 0 Å². The molecule has 2 aromatic rings. The Labute approximate surface area is 92.9 Å². The summed E-state index contributed by atoms with van der Waals surface area (Å²) in [6.45, 7) is 1.87. The molecule has 0 saturated heterocycles. The molecule has 4 heteroatoms. The summed E-state index contributed by atoms with van der Waals surface area (Å²) >= 11 is 0. The lowest BCUT2D eigenvalue weighted by Crippen LogP contribution is -2.03. The molecule has 0 saturated carbocycles. The van der Waals surface area contributed by atoms with E-state index in [0.29, 0.717) is 0 Å². The first-order valence-electron chi connectivity index (χ1n) is 4.82. The molecule has 4 nitrogen and oxygen atoms in total. The molecule has 2 heterocycles. The van der Waals surface area contributed by atoms with Gasteiger partial charge in [-0.25, -0.2) is 9.78 Å². The van der Waals surface area contributed by atoms with Gasteiger partial charge >= 0.3 is 5.97 Å². The highest BCUT2D eigenvalue weighted by atomic mass is 16.5. The smallest absolute Gasteiger partial charge is 0.356 e. The van der Waals surface area contributed by atoms with Gasteiger partial charge in [0.25, 0.3) is 0 Å². The summed E-state index contributed by atoms with van der Waals surface area (Å²) in [6.07, 6.45) is 1.59. The van der Waals surface area contributed by atoms with Gasteiger partial charge in [-0.3, -0.25) is 0 Å². The number of methoxy groups -OCH3 is 1. The SMILES string of the molecule is COC(=O)c1ccc(-c2ccc(C)o2)cn1. The first-order chi connectivity index (χ1) is 7.70. The highest BCUT2D eigenvalue weighted by Crippen LogP contribution is 2.20. The number of ether oxygens (including phenoxy) is 1. The minimum absolute atomic E-state index is 0.287. The van der Waals surface area contributed by atoms with Crippen LogP contribution in [0.2, 0.25) is 0 Å². The Morgan fingerprint density at radius 3 is 2.62 bits per heavy atom. The van der Waals surface area contributed by atoms with Gasteiger partial charge in [0.1, 0.15) is 17.2 Å². The fraction of sp³-hybridized carbons (Fsp3) is 0.167. The highest BCUT2D eigenvalue weighted by Gasteiger charge is 2.08. The van der Waals surface area contributed by atoms with Crippen LogP contribution in [0.15, 0.2) is 34.9 Å². The van der Waals surface area contributed by atoms with E-state index in [1.54, 1.807) is 18.3 Å². The van der Waals surface area contributed by atoms with Crippen LogP contribution in [-0.2, 0) is 4.74 Å². The van der Waals surface area contributed by atoms with Gasteiger partial charge in [0.15, 0.2) is 0 Å². The van der Waals surface area contributed by atoms with Crippen LogP contribution in [-0.4, -0.2) is 18.1 Å². The van der Waals surface area contributed by atoms with Crippen LogP contribution in [0.4, 0.5) is 0 Å². The van der Waals surface area contributed by atoms with Gasteiger partial charge in [-0.15, -0.1) is 0 Å². The molecule has 0 spiro atoms. The molecule has 0 radical (unpaired) electrons. The molecular formula is C12H11NO3. The summed E-state index contributed by atoms with van der Waals surface area (Å²) in [7, 11) is 1.33. The van der Waals surface area contributed by atoms with Gasteiger partial charge in [-0.2, -0.15) is 0 Å². The molecule has 0 aromatic carbocycles. The summed E-state index contributed by atoms with van der Waals surface area (Å²) in [5.41, 5.74) is 1.12. The van der Waals surface area contributed by atoms with Crippen LogP contribution >= 0.6 is 0 Å². The maximum absolute atomic E-state index is 11.2. The average molecular weight is 217 g/mol. The van der Waals surface area contributed by atoms with Crippen LogP contribution < -0.4 is 0 Å². The molecule has 82 valence electrons.